The summed E-state index contributed by atoms with van der Waals surface area (Å²) in [7, 11) is 0. The van der Waals surface area contributed by atoms with Gasteiger partial charge >= 0.3 is 0 Å². The largest absolute Gasteiger partial charge is 0.312 e. The lowest BCUT2D eigenvalue weighted by atomic mass is 9.83. The minimum Gasteiger partial charge on any atom is -0.312 e. The highest BCUT2D eigenvalue weighted by atomic mass is 16.2. The van der Waals surface area contributed by atoms with Gasteiger partial charge in [0, 0.05) is 49.5 Å². The second kappa shape index (κ2) is 7.84. The average Bonchev–Trinajstić information content (AvgIpc) is 2.74. The van der Waals surface area contributed by atoms with Crippen LogP contribution < -0.4 is 10.5 Å². The second-order valence-corrected chi connectivity index (χ2v) is 8.89. The first-order valence-corrected chi connectivity index (χ1v) is 10.9. The number of Topliss-reactive ketones (excluding diaryl/α,β-unsaturated/α-hetero) is 1. The molecular formula is C24H27N3O3. The topological polar surface area (TPSA) is 62.6 Å². The van der Waals surface area contributed by atoms with Crippen LogP contribution in [0.2, 0.25) is 0 Å². The van der Waals surface area contributed by atoms with Crippen molar-refractivity contribution in [2.45, 2.75) is 38.1 Å². The van der Waals surface area contributed by atoms with Crippen LogP contribution in [0.15, 0.2) is 47.3 Å². The summed E-state index contributed by atoms with van der Waals surface area (Å²) < 4.78 is 1.90. The van der Waals surface area contributed by atoms with Gasteiger partial charge in [-0.2, -0.15) is 0 Å². The van der Waals surface area contributed by atoms with Crippen LogP contribution in [0.1, 0.15) is 36.4 Å². The number of aryl methyl sites for hydroxylation is 1. The van der Waals surface area contributed by atoms with Gasteiger partial charge in [0.2, 0.25) is 5.91 Å². The van der Waals surface area contributed by atoms with E-state index in [0.717, 1.165) is 50.3 Å². The zero-order chi connectivity index (χ0) is 20.7. The van der Waals surface area contributed by atoms with Crippen molar-refractivity contribution < 1.29 is 9.59 Å². The summed E-state index contributed by atoms with van der Waals surface area (Å²) in [5.74, 6) is 0.549. The molecule has 1 saturated heterocycles. The zero-order valence-electron chi connectivity index (χ0n) is 17.1. The molecule has 156 valence electrons. The molecule has 3 aliphatic heterocycles. The minimum absolute atomic E-state index is 0.0199. The van der Waals surface area contributed by atoms with Gasteiger partial charge in [-0.3, -0.25) is 19.3 Å². The Hall–Kier alpha value is -2.73. The number of piperidine rings is 1. The molecule has 1 aromatic heterocycles. The molecule has 1 fully saturated rings. The van der Waals surface area contributed by atoms with E-state index in [2.05, 4.69) is 11.0 Å². The first-order valence-electron chi connectivity index (χ1n) is 10.9. The van der Waals surface area contributed by atoms with Crippen LogP contribution in [0.4, 0.5) is 5.69 Å². The SMILES string of the molecule is O=C(CC(=O)N1CCCc2ccccc21)CN1CC2CC(C1)c1cccc(=O)n1C2. The van der Waals surface area contributed by atoms with E-state index in [1.807, 2.05) is 34.9 Å². The van der Waals surface area contributed by atoms with Gasteiger partial charge < -0.3 is 9.47 Å². The van der Waals surface area contributed by atoms with E-state index in [0.29, 0.717) is 19.0 Å². The number of pyridine rings is 1. The lowest BCUT2D eigenvalue weighted by molar-refractivity contribution is -0.127. The van der Waals surface area contributed by atoms with E-state index in [4.69, 9.17) is 0 Å². The summed E-state index contributed by atoms with van der Waals surface area (Å²) in [6.45, 7) is 3.30. The molecule has 0 radical (unpaired) electrons. The fourth-order valence-electron chi connectivity index (χ4n) is 5.49. The van der Waals surface area contributed by atoms with Gasteiger partial charge in [0.25, 0.3) is 5.56 Å². The summed E-state index contributed by atoms with van der Waals surface area (Å²) in [6.07, 6.45) is 2.94. The van der Waals surface area contributed by atoms with Crippen LogP contribution in [0, 0.1) is 5.92 Å². The van der Waals surface area contributed by atoms with E-state index >= 15 is 0 Å². The number of benzene rings is 1. The number of hydrogen-bond acceptors (Lipinski definition) is 4. The molecule has 1 aromatic carbocycles. The quantitative estimate of drug-likeness (QED) is 0.732. The molecule has 0 spiro atoms. The minimum atomic E-state index is -0.0961. The fourth-order valence-corrected chi connectivity index (χ4v) is 5.49. The predicted octanol–water partition coefficient (Wildman–Crippen LogP) is 2.21. The molecular weight excluding hydrogens is 378 g/mol. The smallest absolute Gasteiger partial charge is 0.250 e. The van der Waals surface area contributed by atoms with Gasteiger partial charge in [-0.25, -0.2) is 0 Å². The fraction of sp³-hybridized carbons (Fsp3) is 0.458. The Balaban J connectivity index is 1.23. The Morgan fingerprint density at radius 1 is 1.00 bits per heavy atom. The van der Waals surface area contributed by atoms with E-state index in [9.17, 15) is 14.4 Å². The van der Waals surface area contributed by atoms with Crippen molar-refractivity contribution in [1.29, 1.82) is 0 Å². The third kappa shape index (κ3) is 3.60. The third-order valence-corrected chi connectivity index (χ3v) is 6.72. The Labute approximate surface area is 176 Å². The number of nitrogens with zero attached hydrogens (tertiary/aromatic N) is 3. The first kappa shape index (κ1) is 19.2. The number of aromatic nitrogens is 1. The molecule has 0 N–H and O–H groups in total. The van der Waals surface area contributed by atoms with Crippen LogP contribution in [-0.2, 0) is 22.6 Å². The summed E-state index contributed by atoms with van der Waals surface area (Å²) in [5, 5.41) is 0. The maximum atomic E-state index is 12.9. The number of ketones is 1. The van der Waals surface area contributed by atoms with Gasteiger partial charge in [0.1, 0.15) is 0 Å². The molecule has 2 bridgehead atoms. The van der Waals surface area contributed by atoms with Gasteiger partial charge in [-0.05, 0) is 42.9 Å². The van der Waals surface area contributed by atoms with Crippen molar-refractivity contribution in [3.05, 3.63) is 64.1 Å². The highest BCUT2D eigenvalue weighted by molar-refractivity contribution is 6.06. The van der Waals surface area contributed by atoms with Crippen LogP contribution in [0.25, 0.3) is 0 Å². The molecule has 2 atom stereocenters. The standard InChI is InChI=1S/C24H27N3O3/c28-20(12-24(30)26-10-4-6-18-5-1-2-7-21(18)26)16-25-13-17-11-19(15-25)22-8-3-9-23(29)27(22)14-17/h1-3,5,7-9,17,19H,4,6,10-16H2. The summed E-state index contributed by atoms with van der Waals surface area (Å²) >= 11 is 0. The van der Waals surface area contributed by atoms with Crippen LogP contribution in [0.5, 0.6) is 0 Å². The molecule has 1 amide bonds. The lowest BCUT2D eigenvalue weighted by Gasteiger charge is -2.42. The number of rotatable bonds is 4. The maximum Gasteiger partial charge on any atom is 0.250 e. The Bertz CT molecular complexity index is 1040. The highest BCUT2D eigenvalue weighted by Gasteiger charge is 2.35. The average molecular weight is 405 g/mol. The van der Waals surface area contributed by atoms with Gasteiger partial charge in [-0.1, -0.05) is 24.3 Å². The normalized spacial score (nSPS) is 22.9. The Morgan fingerprint density at radius 3 is 2.77 bits per heavy atom. The summed E-state index contributed by atoms with van der Waals surface area (Å²) in [5.41, 5.74) is 3.29. The third-order valence-electron chi connectivity index (χ3n) is 6.72. The molecule has 6 nitrogen and oxygen atoms in total. The van der Waals surface area contributed by atoms with E-state index in [-0.39, 0.29) is 29.6 Å². The van der Waals surface area contributed by atoms with Crippen LogP contribution in [-0.4, -0.2) is 47.3 Å². The van der Waals surface area contributed by atoms with Crippen molar-refractivity contribution in [2.24, 2.45) is 5.92 Å². The number of carbonyl (C=O) groups excluding carboxylic acids is 2. The molecule has 0 saturated carbocycles. The van der Waals surface area contributed by atoms with E-state index in [1.54, 1.807) is 11.0 Å². The molecule has 6 heteroatoms. The first-order chi connectivity index (χ1) is 14.6. The van der Waals surface area contributed by atoms with Gasteiger partial charge in [-0.15, -0.1) is 0 Å². The molecule has 5 rings (SSSR count). The summed E-state index contributed by atoms with van der Waals surface area (Å²) in [6, 6.07) is 13.5. The van der Waals surface area contributed by atoms with Crippen molar-refractivity contribution in [2.75, 3.05) is 31.1 Å². The number of hydrogen-bond donors (Lipinski definition) is 0. The predicted molar refractivity (Wildman–Crippen MR) is 115 cm³/mol. The number of amides is 1. The molecule has 30 heavy (non-hydrogen) atoms. The van der Waals surface area contributed by atoms with Crippen molar-refractivity contribution in [3.63, 3.8) is 0 Å². The number of likely N-dealkylation sites (tertiary alicyclic amines) is 1. The lowest BCUT2D eigenvalue weighted by Crippen LogP contribution is -2.48. The van der Waals surface area contributed by atoms with Crippen molar-refractivity contribution >= 4 is 17.4 Å². The maximum absolute atomic E-state index is 12.9. The number of fused-ring (bicyclic) bond motifs is 5. The van der Waals surface area contributed by atoms with Crippen molar-refractivity contribution in [1.82, 2.24) is 9.47 Å². The molecule has 4 heterocycles. The molecule has 2 unspecified atom stereocenters. The van der Waals surface area contributed by atoms with E-state index in [1.165, 1.54) is 5.56 Å². The second-order valence-electron chi connectivity index (χ2n) is 8.89. The highest BCUT2D eigenvalue weighted by Crippen LogP contribution is 2.35. The Kier molecular flexibility index (Phi) is 5.03. The molecule has 3 aliphatic rings. The number of para-hydroxylation sites is 1. The monoisotopic (exact) mass is 405 g/mol. The number of anilines is 1. The zero-order valence-corrected chi connectivity index (χ0v) is 17.1. The van der Waals surface area contributed by atoms with E-state index < -0.39 is 0 Å². The Morgan fingerprint density at radius 2 is 1.87 bits per heavy atom. The van der Waals surface area contributed by atoms with Crippen molar-refractivity contribution in [3.8, 4) is 0 Å². The van der Waals surface area contributed by atoms with Crippen LogP contribution >= 0.6 is 0 Å². The number of carbonyl (C=O) groups is 2. The van der Waals surface area contributed by atoms with Crippen LogP contribution in [0.3, 0.4) is 0 Å². The van der Waals surface area contributed by atoms with Gasteiger partial charge in [0.05, 0.1) is 13.0 Å². The molecule has 2 aromatic rings. The molecule has 0 aliphatic carbocycles. The summed E-state index contributed by atoms with van der Waals surface area (Å²) in [4.78, 5) is 41.7. The van der Waals surface area contributed by atoms with Gasteiger partial charge in [0.15, 0.2) is 5.78 Å².